The Morgan fingerprint density at radius 1 is 0.958 bits per heavy atom. The van der Waals surface area contributed by atoms with Crippen molar-refractivity contribution < 1.29 is 15.0 Å². The van der Waals surface area contributed by atoms with E-state index < -0.39 is 0 Å². The highest BCUT2D eigenvalue weighted by Gasteiger charge is 2.21. The molecule has 0 bridgehead atoms. The van der Waals surface area contributed by atoms with Gasteiger partial charge in [0.05, 0.1) is 0 Å². The summed E-state index contributed by atoms with van der Waals surface area (Å²) in [5, 5.41) is 21.6. The average Bonchev–Trinajstić information content (AvgIpc) is 2.55. The van der Waals surface area contributed by atoms with E-state index in [0.29, 0.717) is 18.8 Å². The number of rotatable bonds is 3. The van der Waals surface area contributed by atoms with Crippen molar-refractivity contribution in [2.45, 2.75) is 6.54 Å². The van der Waals surface area contributed by atoms with Gasteiger partial charge in [0.1, 0.15) is 11.5 Å². The highest BCUT2D eigenvalue weighted by atomic mass is 16.3. The van der Waals surface area contributed by atoms with Crippen LogP contribution < -0.4 is 5.32 Å². The van der Waals surface area contributed by atoms with Gasteiger partial charge in [-0.2, -0.15) is 0 Å². The summed E-state index contributed by atoms with van der Waals surface area (Å²) in [4.78, 5) is 16.3. The Labute approximate surface area is 140 Å². The van der Waals surface area contributed by atoms with Crippen molar-refractivity contribution in [3.05, 3.63) is 54.1 Å². The van der Waals surface area contributed by atoms with Gasteiger partial charge in [0.25, 0.3) is 0 Å². The monoisotopic (exact) mass is 327 g/mol. The summed E-state index contributed by atoms with van der Waals surface area (Å²) in [6, 6.07) is 14.1. The van der Waals surface area contributed by atoms with Gasteiger partial charge >= 0.3 is 6.03 Å². The number of nitrogens with one attached hydrogen (secondary N) is 1. The van der Waals surface area contributed by atoms with Crippen molar-refractivity contribution in [3.63, 3.8) is 0 Å². The number of aromatic hydroxyl groups is 2. The molecule has 0 unspecified atom stereocenters. The second kappa shape index (κ2) is 7.23. The van der Waals surface area contributed by atoms with Crippen LogP contribution >= 0.6 is 0 Å². The van der Waals surface area contributed by atoms with E-state index in [-0.39, 0.29) is 17.5 Å². The predicted octanol–water partition coefficient (Wildman–Crippen LogP) is 2.45. The van der Waals surface area contributed by atoms with Crippen LogP contribution in [0.15, 0.2) is 48.5 Å². The molecule has 1 aliphatic heterocycles. The van der Waals surface area contributed by atoms with Gasteiger partial charge in [-0.25, -0.2) is 4.79 Å². The number of phenols is 2. The smallest absolute Gasteiger partial charge is 0.321 e. The van der Waals surface area contributed by atoms with Crippen LogP contribution in [0, 0.1) is 0 Å². The van der Waals surface area contributed by atoms with E-state index in [9.17, 15) is 15.0 Å². The molecule has 6 heteroatoms. The summed E-state index contributed by atoms with van der Waals surface area (Å²) in [6.07, 6.45) is 0. The van der Waals surface area contributed by atoms with Crippen LogP contribution in [0.4, 0.5) is 10.5 Å². The number of carbonyl (C=O) groups is 1. The van der Waals surface area contributed by atoms with Crippen LogP contribution in [0.5, 0.6) is 11.5 Å². The van der Waals surface area contributed by atoms with E-state index in [0.717, 1.165) is 19.6 Å². The van der Waals surface area contributed by atoms with E-state index in [2.05, 4.69) is 22.3 Å². The molecule has 0 atom stereocenters. The molecule has 3 rings (SSSR count). The number of carbonyl (C=O) groups excluding carboxylic acids is 1. The molecule has 0 radical (unpaired) electrons. The lowest BCUT2D eigenvalue weighted by Crippen LogP contribution is -2.49. The minimum atomic E-state index is -0.223. The molecule has 24 heavy (non-hydrogen) atoms. The lowest BCUT2D eigenvalue weighted by atomic mass is 10.2. The molecule has 2 amide bonds. The summed E-state index contributed by atoms with van der Waals surface area (Å²) in [7, 11) is 0. The molecule has 0 aromatic heterocycles. The second-order valence-electron chi connectivity index (χ2n) is 5.92. The summed E-state index contributed by atoms with van der Waals surface area (Å²) in [6.45, 7) is 3.80. The minimum Gasteiger partial charge on any atom is -0.508 e. The van der Waals surface area contributed by atoms with Gasteiger partial charge in [0.15, 0.2) is 0 Å². The molecule has 0 saturated carbocycles. The number of anilines is 1. The van der Waals surface area contributed by atoms with Crippen LogP contribution in [0.25, 0.3) is 0 Å². The van der Waals surface area contributed by atoms with Crippen LogP contribution in [0.3, 0.4) is 0 Å². The maximum atomic E-state index is 12.3. The van der Waals surface area contributed by atoms with Crippen molar-refractivity contribution in [1.29, 1.82) is 0 Å². The number of amides is 2. The van der Waals surface area contributed by atoms with E-state index >= 15 is 0 Å². The number of benzene rings is 2. The van der Waals surface area contributed by atoms with E-state index in [1.807, 2.05) is 18.2 Å². The van der Waals surface area contributed by atoms with E-state index in [1.165, 1.54) is 23.8 Å². The zero-order valence-corrected chi connectivity index (χ0v) is 13.4. The maximum Gasteiger partial charge on any atom is 0.321 e. The molecule has 1 heterocycles. The molecule has 6 nitrogen and oxygen atoms in total. The summed E-state index contributed by atoms with van der Waals surface area (Å²) in [5.74, 6) is -0.170. The highest BCUT2D eigenvalue weighted by molar-refractivity contribution is 5.89. The van der Waals surface area contributed by atoms with E-state index in [4.69, 9.17) is 0 Å². The molecule has 1 saturated heterocycles. The molecule has 0 spiro atoms. The lowest BCUT2D eigenvalue weighted by molar-refractivity contribution is 0.143. The first kappa shape index (κ1) is 16.1. The Morgan fingerprint density at radius 3 is 2.21 bits per heavy atom. The fourth-order valence-electron chi connectivity index (χ4n) is 2.82. The largest absolute Gasteiger partial charge is 0.508 e. The summed E-state index contributed by atoms with van der Waals surface area (Å²) < 4.78 is 0. The van der Waals surface area contributed by atoms with Crippen molar-refractivity contribution in [2.24, 2.45) is 0 Å². The average molecular weight is 327 g/mol. The molecule has 126 valence electrons. The molecule has 2 aromatic carbocycles. The van der Waals surface area contributed by atoms with Gasteiger partial charge < -0.3 is 20.4 Å². The number of phenolic OH excluding ortho intramolecular Hbond substituents is 2. The number of piperazine rings is 1. The molecule has 2 aromatic rings. The van der Waals surface area contributed by atoms with Gasteiger partial charge in [-0.1, -0.05) is 30.3 Å². The quantitative estimate of drug-likeness (QED) is 0.809. The van der Waals surface area contributed by atoms with Crippen molar-refractivity contribution in [3.8, 4) is 11.5 Å². The fourth-order valence-corrected chi connectivity index (χ4v) is 2.82. The van der Waals surface area contributed by atoms with Gasteiger partial charge in [0.2, 0.25) is 0 Å². The third-order valence-corrected chi connectivity index (χ3v) is 4.06. The summed E-state index contributed by atoms with van der Waals surface area (Å²) >= 11 is 0. The summed E-state index contributed by atoms with van der Waals surface area (Å²) in [5.41, 5.74) is 1.65. The normalized spacial score (nSPS) is 15.2. The standard InChI is InChI=1S/C18H21N3O3/c22-16-10-15(11-17(23)12-16)19-18(24)21-8-6-20(7-9-21)13-14-4-2-1-3-5-14/h1-5,10-12,22-23H,6-9,13H2,(H,19,24). The van der Waals surface area contributed by atoms with Crippen molar-refractivity contribution >= 4 is 11.7 Å². The topological polar surface area (TPSA) is 76.0 Å². The molecule has 3 N–H and O–H groups in total. The molecule has 0 aliphatic carbocycles. The van der Waals surface area contributed by atoms with Gasteiger partial charge in [-0.15, -0.1) is 0 Å². The Balaban J connectivity index is 1.51. The number of urea groups is 1. The first-order valence-electron chi connectivity index (χ1n) is 7.95. The second-order valence-corrected chi connectivity index (χ2v) is 5.92. The predicted molar refractivity (Wildman–Crippen MR) is 92.1 cm³/mol. The third kappa shape index (κ3) is 4.17. The Hall–Kier alpha value is -2.73. The van der Waals surface area contributed by atoms with Crippen molar-refractivity contribution in [1.82, 2.24) is 9.80 Å². The SMILES string of the molecule is O=C(Nc1cc(O)cc(O)c1)N1CCN(Cc2ccccc2)CC1. The lowest BCUT2D eigenvalue weighted by Gasteiger charge is -2.34. The minimum absolute atomic E-state index is 0.0852. The van der Waals surface area contributed by atoms with Crippen LogP contribution in [0.1, 0.15) is 5.56 Å². The first-order chi connectivity index (χ1) is 11.6. The molecular formula is C18H21N3O3. The van der Waals surface area contributed by atoms with E-state index in [1.54, 1.807) is 4.90 Å². The number of nitrogens with zero attached hydrogens (tertiary/aromatic N) is 2. The zero-order valence-electron chi connectivity index (χ0n) is 13.4. The van der Waals surface area contributed by atoms with Gasteiger partial charge in [0, 0.05) is 56.6 Å². The first-order valence-corrected chi connectivity index (χ1v) is 7.95. The molecule has 1 fully saturated rings. The van der Waals surface area contributed by atoms with Gasteiger partial charge in [-0.05, 0) is 5.56 Å². The highest BCUT2D eigenvalue weighted by Crippen LogP contribution is 2.24. The van der Waals surface area contributed by atoms with Crippen molar-refractivity contribution in [2.75, 3.05) is 31.5 Å². The number of hydrogen-bond acceptors (Lipinski definition) is 4. The van der Waals surface area contributed by atoms with Gasteiger partial charge in [-0.3, -0.25) is 4.90 Å². The third-order valence-electron chi connectivity index (χ3n) is 4.06. The Morgan fingerprint density at radius 2 is 1.58 bits per heavy atom. The fraction of sp³-hybridized carbons (Fsp3) is 0.278. The Kier molecular flexibility index (Phi) is 4.86. The Bertz CT molecular complexity index is 678. The van der Waals surface area contributed by atoms with Crippen LogP contribution in [-0.2, 0) is 6.54 Å². The van der Waals surface area contributed by atoms with Crippen LogP contribution in [-0.4, -0.2) is 52.2 Å². The molecule has 1 aliphatic rings. The van der Waals surface area contributed by atoms with Crippen LogP contribution in [0.2, 0.25) is 0 Å². The molecular weight excluding hydrogens is 306 g/mol. The number of hydrogen-bond donors (Lipinski definition) is 3. The zero-order chi connectivity index (χ0) is 16.9. The maximum absolute atomic E-state index is 12.3.